The smallest absolute Gasteiger partial charge is 0.269 e. The van der Waals surface area contributed by atoms with Crippen LogP contribution < -0.4 is 10.9 Å². The minimum atomic E-state index is -3.69. The molecule has 1 saturated carbocycles. The van der Waals surface area contributed by atoms with E-state index in [0.717, 1.165) is 33.8 Å². The van der Waals surface area contributed by atoms with Crippen LogP contribution in [0.4, 0.5) is 14.7 Å². The third kappa shape index (κ3) is 7.09. The lowest BCUT2D eigenvalue weighted by Crippen LogP contribution is -2.42. The van der Waals surface area contributed by atoms with Gasteiger partial charge in [0, 0.05) is 43.2 Å². The molecule has 3 aromatic heterocycles. The molecule has 2 aliphatic rings. The molecule has 3 aromatic rings. The molecule has 5 rings (SSSR count). The monoisotopic (exact) mass is 630 g/mol. The minimum Gasteiger partial charge on any atom is -0.380 e. The Hall–Kier alpha value is -3.09. The largest absolute Gasteiger partial charge is 0.380 e. The number of halogens is 2. The fraction of sp³-hybridized carbons (Fsp3) is 0.625. The predicted molar refractivity (Wildman–Crippen MR) is 148 cm³/mol. The first kappa shape index (κ1) is 30.4. The molecule has 2 fully saturated rings. The Morgan fingerprint density at radius 1 is 1.10 bits per heavy atom. The Morgan fingerprint density at radius 3 is 2.50 bits per heavy atom. The first-order valence-corrected chi connectivity index (χ1v) is 17.0. The van der Waals surface area contributed by atoms with Gasteiger partial charge in [-0.25, -0.2) is 39.9 Å². The van der Waals surface area contributed by atoms with E-state index in [1.165, 1.54) is 16.8 Å². The van der Waals surface area contributed by atoms with Gasteiger partial charge in [0.15, 0.2) is 5.82 Å². The number of nitrogens with one attached hydrogen (secondary N) is 1. The maximum absolute atomic E-state index is 13.6. The molecule has 0 aromatic carbocycles. The van der Waals surface area contributed by atoms with E-state index < -0.39 is 37.6 Å². The van der Waals surface area contributed by atoms with E-state index >= 15 is 0 Å². The average molecular weight is 631 g/mol. The third-order valence-corrected chi connectivity index (χ3v) is 10.1. The lowest BCUT2D eigenvalue weighted by Gasteiger charge is -2.30. The van der Waals surface area contributed by atoms with Crippen LogP contribution in [0.5, 0.6) is 0 Å². The van der Waals surface area contributed by atoms with Gasteiger partial charge in [0.2, 0.25) is 16.0 Å². The molecule has 1 aliphatic heterocycles. The fourth-order valence-corrected chi connectivity index (χ4v) is 6.69. The number of alkyl halides is 2. The summed E-state index contributed by atoms with van der Waals surface area (Å²) in [7, 11) is -6.98. The molecular weight excluding hydrogens is 598 g/mol. The van der Waals surface area contributed by atoms with Gasteiger partial charge in [0.05, 0.1) is 30.7 Å². The molecule has 1 N–H and O–H groups in total. The zero-order valence-electron chi connectivity index (χ0n) is 22.9. The number of sulfonamides is 1. The molecule has 0 amide bonds. The van der Waals surface area contributed by atoms with Gasteiger partial charge in [-0.3, -0.25) is 9.36 Å². The predicted octanol–water partition coefficient (Wildman–Crippen LogP) is 1.32. The summed E-state index contributed by atoms with van der Waals surface area (Å²) in [6.07, 6.45) is 3.80. The summed E-state index contributed by atoms with van der Waals surface area (Å²) in [4.78, 5) is 25.6. The van der Waals surface area contributed by atoms with E-state index in [0.29, 0.717) is 31.8 Å². The Kier molecular flexibility index (Phi) is 8.86. The second kappa shape index (κ2) is 12.3. The number of rotatable bonds is 13. The van der Waals surface area contributed by atoms with Crippen LogP contribution in [0.25, 0.3) is 11.0 Å². The number of aromatic nitrogens is 6. The molecule has 230 valence electrons. The zero-order valence-corrected chi connectivity index (χ0v) is 24.5. The van der Waals surface area contributed by atoms with E-state index in [1.807, 2.05) is 0 Å². The average Bonchev–Trinajstić information content (AvgIpc) is 3.66. The number of hydrogen-bond donors (Lipinski definition) is 1. The van der Waals surface area contributed by atoms with Crippen molar-refractivity contribution in [1.82, 2.24) is 33.0 Å². The van der Waals surface area contributed by atoms with E-state index in [4.69, 9.17) is 4.74 Å². The summed E-state index contributed by atoms with van der Waals surface area (Å²) in [5, 5.41) is 7.44. The van der Waals surface area contributed by atoms with Crippen LogP contribution in [0.15, 0.2) is 23.4 Å². The van der Waals surface area contributed by atoms with Gasteiger partial charge in [-0.05, 0) is 38.2 Å². The van der Waals surface area contributed by atoms with Gasteiger partial charge in [-0.1, -0.05) is 0 Å². The van der Waals surface area contributed by atoms with Crippen molar-refractivity contribution in [1.29, 1.82) is 0 Å². The molecular formula is C24H32F2N8O6S2. The number of piperidine rings is 1. The summed E-state index contributed by atoms with van der Waals surface area (Å²) < 4.78 is 84.7. The van der Waals surface area contributed by atoms with Gasteiger partial charge in [0.25, 0.3) is 22.0 Å². The SMILES string of the molecule is CS(=O)(=O)N1CCC(Nc2ncc3cc(C(F)F)c(=O)n(CCOCCCS(=O)(=O)n4cnc(C5CC5)n4)c3n2)CC1. The zero-order chi connectivity index (χ0) is 30.1. The van der Waals surface area contributed by atoms with Crippen molar-refractivity contribution < 1.29 is 30.4 Å². The van der Waals surface area contributed by atoms with Crippen molar-refractivity contribution >= 4 is 37.0 Å². The van der Waals surface area contributed by atoms with Crippen LogP contribution in [0, 0.1) is 0 Å². The highest BCUT2D eigenvalue weighted by Gasteiger charge is 2.29. The fourth-order valence-electron chi connectivity index (χ4n) is 4.75. The number of hydrogen-bond acceptors (Lipinski definition) is 11. The van der Waals surface area contributed by atoms with Crippen molar-refractivity contribution in [3.63, 3.8) is 0 Å². The van der Waals surface area contributed by atoms with Crippen molar-refractivity contribution in [2.75, 3.05) is 43.6 Å². The Balaban J connectivity index is 1.21. The molecule has 4 heterocycles. The van der Waals surface area contributed by atoms with Gasteiger partial charge in [-0.2, -0.15) is 4.98 Å². The van der Waals surface area contributed by atoms with Crippen molar-refractivity contribution in [2.24, 2.45) is 0 Å². The van der Waals surface area contributed by atoms with Gasteiger partial charge in [0.1, 0.15) is 12.0 Å². The summed E-state index contributed by atoms with van der Waals surface area (Å²) in [6, 6.07) is 0.955. The molecule has 18 heteroatoms. The number of nitrogens with zero attached hydrogens (tertiary/aromatic N) is 7. The summed E-state index contributed by atoms with van der Waals surface area (Å²) in [6.45, 7) is 0.586. The molecule has 14 nitrogen and oxygen atoms in total. The van der Waals surface area contributed by atoms with Crippen LogP contribution in [0.3, 0.4) is 0 Å². The lowest BCUT2D eigenvalue weighted by molar-refractivity contribution is 0.125. The van der Waals surface area contributed by atoms with Crippen molar-refractivity contribution in [3.05, 3.63) is 40.3 Å². The summed E-state index contributed by atoms with van der Waals surface area (Å²) >= 11 is 0. The minimum absolute atomic E-state index is 0.0480. The maximum Gasteiger partial charge on any atom is 0.269 e. The molecule has 0 spiro atoms. The Labute approximate surface area is 241 Å². The van der Waals surface area contributed by atoms with Crippen LogP contribution in [0.2, 0.25) is 0 Å². The van der Waals surface area contributed by atoms with E-state index in [2.05, 4.69) is 25.4 Å². The first-order valence-electron chi connectivity index (χ1n) is 13.6. The quantitative estimate of drug-likeness (QED) is 0.270. The normalized spacial score (nSPS) is 17.3. The number of fused-ring (bicyclic) bond motifs is 1. The van der Waals surface area contributed by atoms with Crippen LogP contribution in [-0.2, 0) is 31.3 Å². The second-order valence-corrected chi connectivity index (χ2v) is 14.4. The highest BCUT2D eigenvalue weighted by Crippen LogP contribution is 2.37. The molecule has 1 aliphatic carbocycles. The van der Waals surface area contributed by atoms with E-state index in [1.54, 1.807) is 0 Å². The molecule has 0 unspecified atom stereocenters. The van der Waals surface area contributed by atoms with Crippen LogP contribution in [0.1, 0.15) is 55.8 Å². The molecule has 1 saturated heterocycles. The summed E-state index contributed by atoms with van der Waals surface area (Å²) in [5.41, 5.74) is -1.46. The van der Waals surface area contributed by atoms with Crippen molar-refractivity contribution in [3.8, 4) is 0 Å². The molecule has 0 bridgehead atoms. The van der Waals surface area contributed by atoms with Crippen molar-refractivity contribution in [2.45, 2.75) is 57.0 Å². The third-order valence-electron chi connectivity index (χ3n) is 7.21. The van der Waals surface area contributed by atoms with Gasteiger partial charge in [-0.15, -0.1) is 9.19 Å². The highest BCUT2D eigenvalue weighted by molar-refractivity contribution is 7.89. The van der Waals surface area contributed by atoms with Crippen LogP contribution >= 0.6 is 0 Å². The lowest BCUT2D eigenvalue weighted by atomic mass is 10.1. The first-order chi connectivity index (χ1) is 19.9. The van der Waals surface area contributed by atoms with Crippen LogP contribution in [-0.4, -0.2) is 94.2 Å². The Bertz CT molecular complexity index is 1700. The van der Waals surface area contributed by atoms with Gasteiger partial charge < -0.3 is 10.1 Å². The Morgan fingerprint density at radius 2 is 1.83 bits per heavy atom. The number of ether oxygens (including phenoxy) is 1. The highest BCUT2D eigenvalue weighted by atomic mass is 32.2. The molecule has 0 atom stereocenters. The summed E-state index contributed by atoms with van der Waals surface area (Å²) in [5.74, 6) is 0.709. The second-order valence-electron chi connectivity index (χ2n) is 10.4. The standard InChI is InChI=1S/C24H32F2N8O6S2/c1-41(36,37)32-7-5-18(6-8-32)29-24-27-14-17-13-19(20(25)26)23(35)33(22(17)30-24)9-11-40-10-2-12-42(38,39)34-15-28-21(31-34)16-3-4-16/h13-16,18,20H,2-12H2,1H3,(H,27,29,30). The number of anilines is 1. The molecule has 42 heavy (non-hydrogen) atoms. The maximum atomic E-state index is 13.6. The topological polar surface area (TPSA) is 171 Å². The number of pyridine rings is 1. The molecule has 0 radical (unpaired) electrons. The van der Waals surface area contributed by atoms with Gasteiger partial charge >= 0.3 is 0 Å². The van der Waals surface area contributed by atoms with E-state index in [9.17, 15) is 30.4 Å². The van der Waals surface area contributed by atoms with E-state index in [-0.39, 0.29) is 60.9 Å².